The zero-order valence-corrected chi connectivity index (χ0v) is 8.82. The van der Waals surface area contributed by atoms with Crippen LogP contribution in [-0.2, 0) is 7.05 Å². The van der Waals surface area contributed by atoms with Crippen LogP contribution in [0.5, 0.6) is 0 Å². The number of nitrogens with two attached hydrogens (primary N) is 1. The van der Waals surface area contributed by atoms with Crippen LogP contribution in [-0.4, -0.2) is 19.1 Å². The number of aryl methyl sites for hydroxylation is 2. The first-order valence-electron chi connectivity index (χ1n) is 4.21. The van der Waals surface area contributed by atoms with Crippen molar-refractivity contribution in [3.8, 4) is 0 Å². The average Bonchev–Trinajstić information content (AvgIpc) is 2.73. The Bertz CT molecular complexity index is 432. The van der Waals surface area contributed by atoms with Gasteiger partial charge in [0.2, 0.25) is 0 Å². The summed E-state index contributed by atoms with van der Waals surface area (Å²) in [5.74, 6) is 0. The highest BCUT2D eigenvalue weighted by molar-refractivity contribution is 7.05. The molecule has 0 aliphatic heterocycles. The molecule has 2 N–H and O–H groups in total. The molecule has 0 saturated carbocycles. The zero-order valence-electron chi connectivity index (χ0n) is 8.01. The summed E-state index contributed by atoms with van der Waals surface area (Å²) in [7, 11) is 1.92. The maximum absolute atomic E-state index is 6.03. The average molecular weight is 209 g/mol. The lowest BCUT2D eigenvalue weighted by molar-refractivity contribution is 0.838. The number of rotatable bonds is 2. The third-order valence-electron chi connectivity index (χ3n) is 2.01. The minimum absolute atomic E-state index is 0.212. The molecule has 0 fully saturated rings. The van der Waals surface area contributed by atoms with Gasteiger partial charge in [0.15, 0.2) is 0 Å². The van der Waals surface area contributed by atoms with Crippen molar-refractivity contribution >= 4 is 11.5 Å². The fourth-order valence-electron chi connectivity index (χ4n) is 1.25. The van der Waals surface area contributed by atoms with Crippen molar-refractivity contribution < 1.29 is 0 Å². The molecule has 14 heavy (non-hydrogen) atoms. The fraction of sp³-hybridized carbons (Fsp3) is 0.375. The minimum Gasteiger partial charge on any atom is -0.340 e. The highest BCUT2D eigenvalue weighted by Crippen LogP contribution is 2.22. The van der Waals surface area contributed by atoms with Crippen molar-refractivity contribution in [1.29, 1.82) is 0 Å². The van der Waals surface area contributed by atoms with Crippen molar-refractivity contribution in [1.82, 2.24) is 19.1 Å². The summed E-state index contributed by atoms with van der Waals surface area (Å²) in [6.45, 7) is 1.90. The van der Waals surface area contributed by atoms with Crippen LogP contribution < -0.4 is 5.73 Å². The second-order valence-electron chi connectivity index (χ2n) is 3.16. The predicted octanol–water partition coefficient (Wildman–Crippen LogP) is 0.628. The van der Waals surface area contributed by atoms with E-state index in [4.69, 9.17) is 5.73 Å². The van der Waals surface area contributed by atoms with Crippen molar-refractivity contribution in [2.75, 3.05) is 0 Å². The van der Waals surface area contributed by atoms with Crippen LogP contribution in [0.1, 0.15) is 22.3 Å². The standard InChI is InChI=1S/C8H11N5S/c1-5-8(14-12-11-5)7(9)6-3-13(2)4-10-6/h3-4,7H,9H2,1-2H3. The van der Waals surface area contributed by atoms with Crippen LogP contribution in [0, 0.1) is 6.92 Å². The van der Waals surface area contributed by atoms with Crippen molar-refractivity contribution in [2.24, 2.45) is 12.8 Å². The van der Waals surface area contributed by atoms with Crippen molar-refractivity contribution in [3.63, 3.8) is 0 Å². The minimum atomic E-state index is -0.212. The smallest absolute Gasteiger partial charge is 0.0947 e. The first kappa shape index (κ1) is 9.29. The maximum Gasteiger partial charge on any atom is 0.0947 e. The number of imidazole rings is 1. The molecule has 5 nitrogen and oxygen atoms in total. The van der Waals surface area contributed by atoms with E-state index in [9.17, 15) is 0 Å². The molecule has 1 atom stereocenters. The van der Waals surface area contributed by atoms with Gasteiger partial charge in [0.05, 0.1) is 28.6 Å². The van der Waals surface area contributed by atoms with Gasteiger partial charge in [-0.1, -0.05) is 4.49 Å². The topological polar surface area (TPSA) is 69.6 Å². The molecular weight excluding hydrogens is 198 g/mol. The third-order valence-corrected chi connectivity index (χ3v) is 2.92. The molecular formula is C8H11N5S. The Morgan fingerprint density at radius 2 is 2.36 bits per heavy atom. The summed E-state index contributed by atoms with van der Waals surface area (Å²) in [6.07, 6.45) is 3.64. The van der Waals surface area contributed by atoms with Gasteiger partial charge in [-0.15, -0.1) is 5.10 Å². The van der Waals surface area contributed by atoms with Crippen molar-refractivity contribution in [2.45, 2.75) is 13.0 Å². The van der Waals surface area contributed by atoms with E-state index in [0.29, 0.717) is 0 Å². The normalized spacial score (nSPS) is 13.1. The molecule has 1 unspecified atom stereocenters. The summed E-state index contributed by atoms with van der Waals surface area (Å²) in [5, 5.41) is 3.92. The molecule has 0 aromatic carbocycles. The Morgan fingerprint density at radius 1 is 1.57 bits per heavy atom. The molecule has 0 radical (unpaired) electrons. The molecule has 2 rings (SSSR count). The number of nitrogens with zero attached hydrogens (tertiary/aromatic N) is 4. The SMILES string of the molecule is Cc1nnsc1C(N)c1cn(C)cn1. The number of hydrogen-bond acceptors (Lipinski definition) is 5. The van der Waals surface area contributed by atoms with E-state index in [0.717, 1.165) is 16.3 Å². The Balaban J connectivity index is 2.33. The number of aromatic nitrogens is 4. The van der Waals surface area contributed by atoms with Crippen LogP contribution in [0.15, 0.2) is 12.5 Å². The molecule has 0 aliphatic carbocycles. The summed E-state index contributed by atoms with van der Waals surface area (Å²) >= 11 is 1.33. The van der Waals surface area contributed by atoms with Gasteiger partial charge in [0.1, 0.15) is 0 Å². The Labute approximate surface area is 85.8 Å². The van der Waals surface area contributed by atoms with Crippen LogP contribution in [0.3, 0.4) is 0 Å². The van der Waals surface area contributed by atoms with E-state index in [-0.39, 0.29) is 6.04 Å². The van der Waals surface area contributed by atoms with Gasteiger partial charge in [0.25, 0.3) is 0 Å². The van der Waals surface area contributed by atoms with Gasteiger partial charge in [-0.05, 0) is 18.5 Å². The van der Waals surface area contributed by atoms with E-state index in [2.05, 4.69) is 14.6 Å². The van der Waals surface area contributed by atoms with E-state index in [1.54, 1.807) is 6.33 Å². The lowest BCUT2D eigenvalue weighted by Gasteiger charge is -2.04. The molecule has 0 bridgehead atoms. The Morgan fingerprint density at radius 3 is 2.86 bits per heavy atom. The lowest BCUT2D eigenvalue weighted by atomic mass is 10.2. The highest BCUT2D eigenvalue weighted by atomic mass is 32.1. The highest BCUT2D eigenvalue weighted by Gasteiger charge is 2.16. The molecule has 2 aromatic rings. The fourth-order valence-corrected chi connectivity index (χ4v) is 1.91. The van der Waals surface area contributed by atoms with E-state index in [1.807, 2.05) is 24.7 Å². The Kier molecular flexibility index (Phi) is 2.30. The van der Waals surface area contributed by atoms with E-state index >= 15 is 0 Å². The largest absolute Gasteiger partial charge is 0.340 e. The monoisotopic (exact) mass is 209 g/mol. The van der Waals surface area contributed by atoms with Gasteiger partial charge < -0.3 is 10.3 Å². The summed E-state index contributed by atoms with van der Waals surface area (Å²) in [6, 6.07) is -0.212. The quantitative estimate of drug-likeness (QED) is 0.787. The number of hydrogen-bond donors (Lipinski definition) is 1. The molecule has 2 aromatic heterocycles. The van der Waals surface area contributed by atoms with Crippen LogP contribution in [0.4, 0.5) is 0 Å². The lowest BCUT2D eigenvalue weighted by Crippen LogP contribution is -2.11. The zero-order chi connectivity index (χ0) is 10.1. The molecule has 0 aliphatic rings. The predicted molar refractivity (Wildman–Crippen MR) is 53.9 cm³/mol. The molecule has 2 heterocycles. The first-order chi connectivity index (χ1) is 6.68. The van der Waals surface area contributed by atoms with E-state index in [1.165, 1.54) is 11.5 Å². The van der Waals surface area contributed by atoms with Gasteiger partial charge in [-0.25, -0.2) is 4.98 Å². The Hall–Kier alpha value is -1.27. The van der Waals surface area contributed by atoms with Crippen LogP contribution in [0.2, 0.25) is 0 Å². The van der Waals surface area contributed by atoms with Crippen LogP contribution in [0.25, 0.3) is 0 Å². The van der Waals surface area contributed by atoms with Gasteiger partial charge in [-0.3, -0.25) is 0 Å². The molecule has 0 amide bonds. The molecule has 0 spiro atoms. The van der Waals surface area contributed by atoms with Gasteiger partial charge >= 0.3 is 0 Å². The molecule has 74 valence electrons. The summed E-state index contributed by atoms with van der Waals surface area (Å²) < 4.78 is 5.73. The summed E-state index contributed by atoms with van der Waals surface area (Å²) in [4.78, 5) is 5.18. The van der Waals surface area contributed by atoms with E-state index < -0.39 is 0 Å². The van der Waals surface area contributed by atoms with Crippen molar-refractivity contribution in [3.05, 3.63) is 28.8 Å². The third kappa shape index (κ3) is 1.53. The van der Waals surface area contributed by atoms with Gasteiger partial charge in [0, 0.05) is 13.2 Å². The first-order valence-corrected chi connectivity index (χ1v) is 4.98. The molecule has 6 heteroatoms. The van der Waals surface area contributed by atoms with Crippen LogP contribution >= 0.6 is 11.5 Å². The summed E-state index contributed by atoms with van der Waals surface area (Å²) in [5.41, 5.74) is 7.76. The maximum atomic E-state index is 6.03. The van der Waals surface area contributed by atoms with Gasteiger partial charge in [-0.2, -0.15) is 0 Å². The second kappa shape index (κ2) is 3.47. The second-order valence-corrected chi connectivity index (χ2v) is 3.95. The molecule has 0 saturated heterocycles.